The molecule has 76 valence electrons. The van der Waals surface area contributed by atoms with Crippen molar-refractivity contribution in [2.45, 2.75) is 37.8 Å². The van der Waals surface area contributed by atoms with E-state index in [0.29, 0.717) is 12.0 Å². The molecule has 3 unspecified atom stereocenters. The van der Waals surface area contributed by atoms with E-state index in [1.165, 1.54) is 19.3 Å². The maximum absolute atomic E-state index is 9.37. The number of hydrogen-bond donors (Lipinski definition) is 2. The van der Waals surface area contributed by atoms with Crippen LogP contribution in [0.5, 0.6) is 0 Å². The third kappa shape index (κ3) is 2.22. The van der Waals surface area contributed by atoms with E-state index in [1.807, 2.05) is 0 Å². The summed E-state index contributed by atoms with van der Waals surface area (Å²) < 4.78 is 0. The predicted molar refractivity (Wildman–Crippen MR) is 52.4 cm³/mol. The average Bonchev–Trinajstić information content (AvgIpc) is 2.64. The number of aliphatic hydroxyl groups is 1. The minimum atomic E-state index is -0.0855. The Morgan fingerprint density at radius 1 is 1.31 bits per heavy atom. The van der Waals surface area contributed by atoms with Crippen LogP contribution in [0.4, 0.5) is 0 Å². The molecular formula is C10H20N2O. The van der Waals surface area contributed by atoms with Crippen molar-refractivity contribution in [2.24, 2.45) is 11.7 Å². The first-order valence-electron chi connectivity index (χ1n) is 5.41. The number of rotatable bonds is 2. The van der Waals surface area contributed by atoms with Crippen molar-refractivity contribution in [1.82, 2.24) is 4.90 Å². The van der Waals surface area contributed by atoms with Gasteiger partial charge in [0.15, 0.2) is 0 Å². The lowest BCUT2D eigenvalue weighted by molar-refractivity contribution is 0.168. The Balaban J connectivity index is 1.77. The molecule has 2 rings (SSSR count). The highest BCUT2D eigenvalue weighted by Crippen LogP contribution is 2.25. The smallest absolute Gasteiger partial charge is 0.0679 e. The van der Waals surface area contributed by atoms with Crippen molar-refractivity contribution in [3.63, 3.8) is 0 Å². The Bertz CT molecular complexity index is 174. The first-order valence-corrected chi connectivity index (χ1v) is 5.41. The molecule has 2 aliphatic rings. The predicted octanol–water partition coefficient (Wildman–Crippen LogP) is 0.180. The van der Waals surface area contributed by atoms with Crippen LogP contribution in [-0.4, -0.2) is 41.8 Å². The van der Waals surface area contributed by atoms with Crippen LogP contribution in [0.25, 0.3) is 0 Å². The van der Waals surface area contributed by atoms with Crippen LogP contribution in [-0.2, 0) is 0 Å². The zero-order chi connectivity index (χ0) is 9.26. The summed E-state index contributed by atoms with van der Waals surface area (Å²) in [5.74, 6) is 0.685. The Hall–Kier alpha value is -0.120. The molecule has 0 aromatic heterocycles. The standard InChI is InChI=1S/C10H20N2O/c11-10-3-1-2-8(10)6-12-5-4-9(13)7-12/h8-10,13H,1-7,11H2. The zero-order valence-corrected chi connectivity index (χ0v) is 8.15. The summed E-state index contributed by atoms with van der Waals surface area (Å²) in [6, 6.07) is 0.415. The van der Waals surface area contributed by atoms with Crippen LogP contribution in [0.2, 0.25) is 0 Å². The highest BCUT2D eigenvalue weighted by atomic mass is 16.3. The Kier molecular flexibility index (Phi) is 2.86. The number of nitrogens with two attached hydrogens (primary N) is 1. The minimum absolute atomic E-state index is 0.0855. The summed E-state index contributed by atoms with van der Waals surface area (Å²) in [6.45, 7) is 3.03. The van der Waals surface area contributed by atoms with Crippen LogP contribution in [0.1, 0.15) is 25.7 Å². The Morgan fingerprint density at radius 2 is 2.15 bits per heavy atom. The molecular weight excluding hydrogens is 164 g/mol. The van der Waals surface area contributed by atoms with Crippen molar-refractivity contribution in [3.05, 3.63) is 0 Å². The van der Waals surface area contributed by atoms with E-state index in [4.69, 9.17) is 5.73 Å². The minimum Gasteiger partial charge on any atom is -0.392 e. The van der Waals surface area contributed by atoms with Crippen molar-refractivity contribution in [1.29, 1.82) is 0 Å². The molecule has 2 fully saturated rings. The first-order chi connectivity index (χ1) is 6.25. The normalized spacial score (nSPS) is 41.5. The average molecular weight is 184 g/mol. The molecule has 0 spiro atoms. The SMILES string of the molecule is NC1CCCC1CN1CCC(O)C1. The van der Waals surface area contributed by atoms with E-state index in [9.17, 15) is 5.11 Å². The van der Waals surface area contributed by atoms with Gasteiger partial charge >= 0.3 is 0 Å². The Labute approximate surface area is 79.9 Å². The molecule has 0 bridgehead atoms. The summed E-state index contributed by atoms with van der Waals surface area (Å²) in [5.41, 5.74) is 6.00. The van der Waals surface area contributed by atoms with Crippen molar-refractivity contribution in [3.8, 4) is 0 Å². The molecule has 1 heterocycles. The van der Waals surface area contributed by atoms with Gasteiger partial charge in [-0.2, -0.15) is 0 Å². The Morgan fingerprint density at radius 3 is 2.69 bits per heavy atom. The van der Waals surface area contributed by atoms with Gasteiger partial charge in [0, 0.05) is 25.7 Å². The molecule has 1 aliphatic heterocycles. The molecule has 0 aromatic carbocycles. The van der Waals surface area contributed by atoms with Crippen molar-refractivity contribution in [2.75, 3.05) is 19.6 Å². The second-order valence-electron chi connectivity index (χ2n) is 4.56. The fourth-order valence-electron chi connectivity index (χ4n) is 2.60. The van der Waals surface area contributed by atoms with E-state index >= 15 is 0 Å². The van der Waals surface area contributed by atoms with Gasteiger partial charge in [-0.25, -0.2) is 0 Å². The largest absolute Gasteiger partial charge is 0.392 e. The van der Waals surface area contributed by atoms with Gasteiger partial charge < -0.3 is 15.7 Å². The lowest BCUT2D eigenvalue weighted by Crippen LogP contribution is -2.35. The molecule has 0 aromatic rings. The molecule has 3 heteroatoms. The van der Waals surface area contributed by atoms with Gasteiger partial charge in [0.05, 0.1) is 6.10 Å². The molecule has 13 heavy (non-hydrogen) atoms. The molecule has 3 nitrogen and oxygen atoms in total. The summed E-state index contributed by atoms with van der Waals surface area (Å²) >= 11 is 0. The number of likely N-dealkylation sites (tertiary alicyclic amines) is 1. The van der Waals surface area contributed by atoms with Gasteiger partial charge in [-0.15, -0.1) is 0 Å². The molecule has 3 N–H and O–H groups in total. The monoisotopic (exact) mass is 184 g/mol. The van der Waals surface area contributed by atoms with E-state index in [2.05, 4.69) is 4.90 Å². The number of β-amino-alcohol motifs (C(OH)–C–C–N with tert-alkyl or cyclic N) is 1. The summed E-state index contributed by atoms with van der Waals surface area (Å²) in [6.07, 6.45) is 4.64. The van der Waals surface area contributed by atoms with E-state index in [0.717, 1.165) is 26.1 Å². The summed E-state index contributed by atoms with van der Waals surface area (Å²) in [5, 5.41) is 9.37. The number of nitrogens with zero attached hydrogens (tertiary/aromatic N) is 1. The lowest BCUT2D eigenvalue weighted by atomic mass is 10.0. The van der Waals surface area contributed by atoms with Crippen LogP contribution in [0, 0.1) is 5.92 Å². The van der Waals surface area contributed by atoms with Crippen LogP contribution in [0.15, 0.2) is 0 Å². The summed E-state index contributed by atoms with van der Waals surface area (Å²) in [4.78, 5) is 2.36. The third-order valence-electron chi connectivity index (χ3n) is 3.46. The molecule has 0 radical (unpaired) electrons. The molecule has 1 aliphatic carbocycles. The fourth-order valence-corrected chi connectivity index (χ4v) is 2.60. The van der Waals surface area contributed by atoms with Gasteiger partial charge in [0.1, 0.15) is 0 Å². The van der Waals surface area contributed by atoms with E-state index in [1.54, 1.807) is 0 Å². The lowest BCUT2D eigenvalue weighted by Gasteiger charge is -2.22. The van der Waals surface area contributed by atoms with Gasteiger partial charge in [0.2, 0.25) is 0 Å². The quantitative estimate of drug-likeness (QED) is 0.643. The maximum Gasteiger partial charge on any atom is 0.0679 e. The van der Waals surface area contributed by atoms with Crippen LogP contribution < -0.4 is 5.73 Å². The van der Waals surface area contributed by atoms with Crippen LogP contribution >= 0.6 is 0 Å². The highest BCUT2D eigenvalue weighted by Gasteiger charge is 2.28. The van der Waals surface area contributed by atoms with E-state index in [-0.39, 0.29) is 6.10 Å². The zero-order valence-electron chi connectivity index (χ0n) is 8.15. The first kappa shape index (κ1) is 9.44. The van der Waals surface area contributed by atoms with Gasteiger partial charge in [0.25, 0.3) is 0 Å². The molecule has 1 saturated heterocycles. The van der Waals surface area contributed by atoms with E-state index < -0.39 is 0 Å². The van der Waals surface area contributed by atoms with Gasteiger partial charge in [-0.3, -0.25) is 0 Å². The van der Waals surface area contributed by atoms with Gasteiger partial charge in [-0.05, 0) is 25.2 Å². The second kappa shape index (κ2) is 3.95. The molecule has 0 amide bonds. The topological polar surface area (TPSA) is 49.5 Å². The molecule has 3 atom stereocenters. The molecule has 1 saturated carbocycles. The van der Waals surface area contributed by atoms with Crippen molar-refractivity contribution >= 4 is 0 Å². The fraction of sp³-hybridized carbons (Fsp3) is 1.00. The number of hydrogen-bond acceptors (Lipinski definition) is 3. The van der Waals surface area contributed by atoms with Gasteiger partial charge in [-0.1, -0.05) is 6.42 Å². The highest BCUT2D eigenvalue weighted by molar-refractivity contribution is 4.85. The second-order valence-corrected chi connectivity index (χ2v) is 4.56. The van der Waals surface area contributed by atoms with Crippen molar-refractivity contribution < 1.29 is 5.11 Å². The van der Waals surface area contributed by atoms with Crippen LogP contribution in [0.3, 0.4) is 0 Å². The summed E-state index contributed by atoms with van der Waals surface area (Å²) in [7, 11) is 0. The maximum atomic E-state index is 9.37. The number of aliphatic hydroxyl groups excluding tert-OH is 1. The third-order valence-corrected chi connectivity index (χ3v) is 3.46.